The van der Waals surface area contributed by atoms with Crippen LogP contribution >= 0.6 is 0 Å². The van der Waals surface area contributed by atoms with Gasteiger partial charge in [0.2, 0.25) is 0 Å². The fourth-order valence-electron chi connectivity index (χ4n) is 1.51. The summed E-state index contributed by atoms with van der Waals surface area (Å²) in [6.07, 6.45) is 0.0592. The molecule has 0 aromatic heterocycles. The molecule has 106 valence electrons. The highest BCUT2D eigenvalue weighted by atomic mass is 19.1. The van der Waals surface area contributed by atoms with Crippen molar-refractivity contribution in [3.05, 3.63) is 35.4 Å². The minimum Gasteiger partial charge on any atom is -0.467 e. The summed E-state index contributed by atoms with van der Waals surface area (Å²) in [5, 5.41) is 10.7. The second-order valence-corrected chi connectivity index (χ2v) is 3.87. The summed E-state index contributed by atoms with van der Waals surface area (Å²) < 4.78 is 30.6. The van der Waals surface area contributed by atoms with Crippen LogP contribution in [0.1, 0.15) is 23.2 Å². The number of hydrogen-bond donors (Lipinski definition) is 1. The van der Waals surface area contributed by atoms with E-state index in [9.17, 15) is 18.4 Å². The molecule has 1 atom stereocenters. The van der Waals surface area contributed by atoms with Crippen LogP contribution in [0, 0.1) is 23.0 Å². The third kappa shape index (κ3) is 4.02. The van der Waals surface area contributed by atoms with Crippen molar-refractivity contribution in [3.8, 4) is 6.07 Å². The largest absolute Gasteiger partial charge is 0.467 e. The second-order valence-electron chi connectivity index (χ2n) is 3.87. The lowest BCUT2D eigenvalue weighted by Crippen LogP contribution is -2.41. The maximum atomic E-state index is 13.4. The van der Waals surface area contributed by atoms with Gasteiger partial charge in [0, 0.05) is 12.5 Å². The van der Waals surface area contributed by atoms with Gasteiger partial charge in [-0.2, -0.15) is 5.26 Å². The number of carbonyl (C=O) groups is 2. The highest BCUT2D eigenvalue weighted by Crippen LogP contribution is 2.10. The zero-order chi connectivity index (χ0) is 15.1. The number of rotatable bonds is 5. The number of nitriles is 1. The van der Waals surface area contributed by atoms with Gasteiger partial charge in [-0.05, 0) is 18.6 Å². The third-order valence-electron chi connectivity index (χ3n) is 2.51. The Balaban J connectivity index is 2.84. The van der Waals surface area contributed by atoms with E-state index in [-0.39, 0.29) is 12.8 Å². The predicted molar refractivity (Wildman–Crippen MR) is 64.5 cm³/mol. The zero-order valence-corrected chi connectivity index (χ0v) is 10.7. The van der Waals surface area contributed by atoms with Crippen LogP contribution in [0.5, 0.6) is 0 Å². The van der Waals surface area contributed by atoms with E-state index in [0.29, 0.717) is 6.07 Å². The van der Waals surface area contributed by atoms with Gasteiger partial charge in [0.05, 0.1) is 18.7 Å². The van der Waals surface area contributed by atoms with Crippen LogP contribution in [0.2, 0.25) is 0 Å². The van der Waals surface area contributed by atoms with Gasteiger partial charge in [-0.1, -0.05) is 0 Å². The van der Waals surface area contributed by atoms with E-state index in [4.69, 9.17) is 5.26 Å². The van der Waals surface area contributed by atoms with Crippen LogP contribution in [-0.2, 0) is 9.53 Å². The molecule has 0 bridgehead atoms. The molecular weight excluding hydrogens is 270 g/mol. The number of carbonyl (C=O) groups excluding carboxylic acids is 2. The number of nitrogens with zero attached hydrogens (tertiary/aromatic N) is 1. The molecule has 1 N–H and O–H groups in total. The van der Waals surface area contributed by atoms with Crippen molar-refractivity contribution in [2.45, 2.75) is 18.9 Å². The molecular formula is C13H12F2N2O3. The predicted octanol–water partition coefficient (Wildman–Crippen LogP) is 1.54. The van der Waals surface area contributed by atoms with Crippen LogP contribution in [0.3, 0.4) is 0 Å². The van der Waals surface area contributed by atoms with Gasteiger partial charge in [-0.3, -0.25) is 4.79 Å². The molecule has 0 unspecified atom stereocenters. The van der Waals surface area contributed by atoms with E-state index in [2.05, 4.69) is 10.1 Å². The summed E-state index contributed by atoms with van der Waals surface area (Å²) in [4.78, 5) is 23.2. The molecule has 0 saturated carbocycles. The van der Waals surface area contributed by atoms with E-state index >= 15 is 0 Å². The fraction of sp³-hybridized carbons (Fsp3) is 0.308. The number of ether oxygens (including phenoxy) is 1. The molecule has 0 aliphatic carbocycles. The monoisotopic (exact) mass is 282 g/mol. The number of methoxy groups -OCH3 is 1. The average Bonchev–Trinajstić information content (AvgIpc) is 2.42. The molecule has 0 spiro atoms. The number of hydrogen-bond acceptors (Lipinski definition) is 4. The highest BCUT2D eigenvalue weighted by Gasteiger charge is 2.23. The summed E-state index contributed by atoms with van der Waals surface area (Å²) in [5.41, 5.74) is -0.391. The Morgan fingerprint density at radius 3 is 2.70 bits per heavy atom. The van der Waals surface area contributed by atoms with Gasteiger partial charge in [-0.15, -0.1) is 0 Å². The zero-order valence-electron chi connectivity index (χ0n) is 10.7. The van der Waals surface area contributed by atoms with Gasteiger partial charge < -0.3 is 10.1 Å². The van der Waals surface area contributed by atoms with Gasteiger partial charge in [0.1, 0.15) is 17.7 Å². The molecule has 1 amide bonds. The van der Waals surface area contributed by atoms with Crippen molar-refractivity contribution in [2.24, 2.45) is 0 Å². The molecule has 0 aliphatic heterocycles. The molecule has 1 aromatic carbocycles. The Kier molecular flexibility index (Phi) is 5.59. The first-order valence-corrected chi connectivity index (χ1v) is 5.70. The summed E-state index contributed by atoms with van der Waals surface area (Å²) in [6, 6.07) is 3.24. The minimum atomic E-state index is -1.06. The van der Waals surface area contributed by atoms with Crippen molar-refractivity contribution in [2.75, 3.05) is 7.11 Å². The topological polar surface area (TPSA) is 79.2 Å². The molecule has 0 heterocycles. The smallest absolute Gasteiger partial charge is 0.328 e. The van der Waals surface area contributed by atoms with E-state index in [1.54, 1.807) is 0 Å². The lowest BCUT2D eigenvalue weighted by molar-refractivity contribution is -0.143. The molecule has 0 fully saturated rings. The van der Waals surface area contributed by atoms with Crippen LogP contribution in [0.4, 0.5) is 8.78 Å². The van der Waals surface area contributed by atoms with E-state index in [0.717, 1.165) is 19.2 Å². The maximum absolute atomic E-state index is 13.4. The quantitative estimate of drug-likeness (QED) is 0.831. The second kappa shape index (κ2) is 7.19. The first-order chi connectivity index (χ1) is 9.49. The Morgan fingerprint density at radius 1 is 1.45 bits per heavy atom. The van der Waals surface area contributed by atoms with Crippen molar-refractivity contribution >= 4 is 11.9 Å². The lowest BCUT2D eigenvalue weighted by Gasteiger charge is -2.15. The summed E-state index contributed by atoms with van der Waals surface area (Å²) in [5.74, 6) is -3.47. The van der Waals surface area contributed by atoms with Gasteiger partial charge in [0.15, 0.2) is 0 Å². The molecule has 1 aromatic rings. The maximum Gasteiger partial charge on any atom is 0.328 e. The minimum absolute atomic E-state index is 0.0198. The lowest BCUT2D eigenvalue weighted by atomic mass is 10.1. The van der Waals surface area contributed by atoms with E-state index in [1.807, 2.05) is 6.07 Å². The molecule has 0 radical (unpaired) electrons. The van der Waals surface area contributed by atoms with Crippen LogP contribution in [0.15, 0.2) is 18.2 Å². The van der Waals surface area contributed by atoms with Crippen molar-refractivity contribution in [3.63, 3.8) is 0 Å². The Labute approximate surface area is 114 Å². The van der Waals surface area contributed by atoms with Crippen LogP contribution in [0.25, 0.3) is 0 Å². The Morgan fingerprint density at radius 2 is 2.15 bits per heavy atom. The summed E-state index contributed by atoms with van der Waals surface area (Å²) in [6.45, 7) is 0. The molecule has 0 saturated heterocycles. The van der Waals surface area contributed by atoms with Crippen LogP contribution in [-0.4, -0.2) is 25.0 Å². The SMILES string of the molecule is COC(=O)[C@@H](CCC#N)NC(=O)c1ccc(F)cc1F. The van der Waals surface area contributed by atoms with Crippen molar-refractivity contribution in [1.29, 1.82) is 5.26 Å². The summed E-state index contributed by atoms with van der Waals surface area (Å²) in [7, 11) is 1.13. The first kappa shape index (κ1) is 15.6. The van der Waals surface area contributed by atoms with Gasteiger partial charge in [0.25, 0.3) is 5.91 Å². The van der Waals surface area contributed by atoms with Crippen LogP contribution < -0.4 is 5.32 Å². The standard InChI is InChI=1S/C13H12F2N2O3/c1-20-13(19)11(3-2-6-16)17-12(18)9-5-4-8(14)7-10(9)15/h4-5,7,11H,2-3H2,1H3,(H,17,18)/t11-/m1/s1. The van der Waals surface area contributed by atoms with Crippen molar-refractivity contribution < 1.29 is 23.1 Å². The van der Waals surface area contributed by atoms with Gasteiger partial charge >= 0.3 is 5.97 Å². The number of benzene rings is 1. The molecule has 5 nitrogen and oxygen atoms in total. The Bertz CT molecular complexity index is 555. The number of nitrogens with one attached hydrogen (secondary N) is 1. The van der Waals surface area contributed by atoms with Gasteiger partial charge in [-0.25, -0.2) is 13.6 Å². The normalized spacial score (nSPS) is 11.3. The van der Waals surface area contributed by atoms with E-state index < -0.39 is 35.1 Å². The number of amides is 1. The first-order valence-electron chi connectivity index (χ1n) is 5.70. The Hall–Kier alpha value is -2.49. The molecule has 20 heavy (non-hydrogen) atoms. The summed E-state index contributed by atoms with van der Waals surface area (Å²) >= 11 is 0. The molecule has 0 aliphatic rings. The molecule has 7 heteroatoms. The third-order valence-corrected chi connectivity index (χ3v) is 2.51. The average molecular weight is 282 g/mol. The number of esters is 1. The fourth-order valence-corrected chi connectivity index (χ4v) is 1.51. The van der Waals surface area contributed by atoms with Crippen molar-refractivity contribution in [1.82, 2.24) is 5.32 Å². The highest BCUT2D eigenvalue weighted by molar-refractivity contribution is 5.97. The van der Waals surface area contributed by atoms with E-state index in [1.165, 1.54) is 0 Å². The molecule has 1 rings (SSSR count). The number of halogens is 2.